The van der Waals surface area contributed by atoms with Crippen molar-refractivity contribution < 1.29 is 14.3 Å². The number of ether oxygens (including phenoxy) is 2. The van der Waals surface area contributed by atoms with Crippen molar-refractivity contribution in [2.24, 2.45) is 5.10 Å². The van der Waals surface area contributed by atoms with Crippen molar-refractivity contribution in [3.63, 3.8) is 0 Å². The first-order valence-corrected chi connectivity index (χ1v) is 10.9. The maximum atomic E-state index is 12.2. The zero-order valence-electron chi connectivity index (χ0n) is 14.7. The third kappa shape index (κ3) is 2.78. The lowest BCUT2D eigenvalue weighted by Gasteiger charge is -2.14. The van der Waals surface area contributed by atoms with Gasteiger partial charge in [-0.05, 0) is 6.92 Å². The predicted octanol–water partition coefficient (Wildman–Crippen LogP) is 4.78. The van der Waals surface area contributed by atoms with Crippen molar-refractivity contribution in [1.82, 2.24) is 5.43 Å². The molecule has 0 saturated carbocycles. The Morgan fingerprint density at radius 3 is 1.86 bits per heavy atom. The number of methoxy groups -OCH3 is 2. The van der Waals surface area contributed by atoms with Crippen LogP contribution >= 0.6 is 47.0 Å². The minimum Gasteiger partial charge on any atom is -0.494 e. The van der Waals surface area contributed by atoms with Gasteiger partial charge in [-0.25, -0.2) is 5.43 Å². The van der Waals surface area contributed by atoms with Gasteiger partial charge in [-0.2, -0.15) is 14.8 Å². The third-order valence-electron chi connectivity index (χ3n) is 3.94. The molecule has 1 aromatic rings. The number of hydrazone groups is 1. The number of rotatable bonds is 2. The minimum atomic E-state index is -0.224. The van der Waals surface area contributed by atoms with Crippen LogP contribution in [0.1, 0.15) is 6.92 Å². The Hall–Kier alpha value is -2.18. The van der Waals surface area contributed by atoms with Gasteiger partial charge in [-0.3, -0.25) is 4.79 Å². The molecule has 0 aromatic heterocycles. The van der Waals surface area contributed by atoms with Crippen LogP contribution < -0.4 is 14.9 Å². The van der Waals surface area contributed by atoms with Crippen molar-refractivity contribution in [2.75, 3.05) is 14.2 Å². The summed E-state index contributed by atoms with van der Waals surface area (Å²) in [6, 6.07) is 0. The Morgan fingerprint density at radius 2 is 1.46 bits per heavy atom. The summed E-state index contributed by atoms with van der Waals surface area (Å²) in [5, 5.41) is 4.00. The molecule has 0 atom stereocenters. The summed E-state index contributed by atoms with van der Waals surface area (Å²) in [4.78, 5) is 22.2. The maximum Gasteiger partial charge on any atom is 0.540 e. The lowest BCUT2D eigenvalue weighted by atomic mass is 10.2. The quantitative estimate of drug-likeness (QED) is 0.518. The van der Waals surface area contributed by atoms with Gasteiger partial charge in [0.2, 0.25) is 0 Å². The van der Waals surface area contributed by atoms with Gasteiger partial charge >= 0.3 is 5.82 Å². The lowest BCUT2D eigenvalue weighted by Crippen LogP contribution is -2.13. The molecule has 0 fully saturated rings. The molecular formula is C17H10N4O3S4. The van der Waals surface area contributed by atoms with Crippen LogP contribution in [-0.2, 0) is 4.79 Å². The standard InChI is InChI=1S/C17H10N4O3S4/c1-6-7(15(22)21-20-6)16-25-10-8(23-4)12-13(9(24-5)11(10)26-16)28-17(27-12)14(18-2)19-3/h1,4-5H3,(H,21,22). The fourth-order valence-corrected chi connectivity index (χ4v) is 8.34. The molecule has 3 heterocycles. The fourth-order valence-electron chi connectivity index (χ4n) is 2.73. The van der Waals surface area contributed by atoms with Crippen LogP contribution in [0.4, 0.5) is 0 Å². The summed E-state index contributed by atoms with van der Waals surface area (Å²) in [6.07, 6.45) is 0. The van der Waals surface area contributed by atoms with E-state index in [1.165, 1.54) is 47.0 Å². The van der Waals surface area contributed by atoms with E-state index < -0.39 is 0 Å². The van der Waals surface area contributed by atoms with E-state index in [-0.39, 0.29) is 11.7 Å². The molecule has 0 unspecified atom stereocenters. The number of hydrogen-bond acceptors (Lipinski definition) is 8. The number of nitrogens with zero attached hydrogens (tertiary/aromatic N) is 3. The molecule has 0 spiro atoms. The number of carbonyl (C=O) groups excluding carboxylic acids is 1. The van der Waals surface area contributed by atoms with Crippen LogP contribution in [0, 0.1) is 13.1 Å². The number of fused-ring (bicyclic) bond motifs is 2. The molecule has 7 nitrogen and oxygen atoms in total. The highest BCUT2D eigenvalue weighted by Gasteiger charge is 2.40. The van der Waals surface area contributed by atoms with Gasteiger partial charge in [0.05, 0.1) is 49.3 Å². The number of hydrogen-bond donors (Lipinski definition) is 1. The van der Waals surface area contributed by atoms with Crippen molar-refractivity contribution >= 4 is 58.7 Å². The van der Waals surface area contributed by atoms with Gasteiger partial charge in [0.15, 0.2) is 0 Å². The number of amides is 1. The Kier molecular flexibility index (Phi) is 5.02. The van der Waals surface area contributed by atoms with Crippen molar-refractivity contribution in [3.05, 3.63) is 42.7 Å². The van der Waals surface area contributed by atoms with Crippen LogP contribution in [0.5, 0.6) is 11.5 Å². The highest BCUT2D eigenvalue weighted by molar-refractivity contribution is 8.26. The van der Waals surface area contributed by atoms with Gasteiger partial charge in [0.1, 0.15) is 28.9 Å². The molecule has 1 amide bonds. The van der Waals surface area contributed by atoms with E-state index in [4.69, 9.17) is 22.6 Å². The first-order chi connectivity index (χ1) is 13.5. The van der Waals surface area contributed by atoms with E-state index in [1.54, 1.807) is 21.1 Å². The number of nitrogens with one attached hydrogen (secondary N) is 1. The molecule has 3 aliphatic rings. The second-order valence-corrected chi connectivity index (χ2v) is 10.0. The van der Waals surface area contributed by atoms with Gasteiger partial charge in [0, 0.05) is 0 Å². The fraction of sp³-hybridized carbons (Fsp3) is 0.176. The summed E-state index contributed by atoms with van der Waals surface area (Å²) in [6.45, 7) is 16.2. The molecule has 1 aromatic carbocycles. The zero-order valence-corrected chi connectivity index (χ0v) is 18.0. The van der Waals surface area contributed by atoms with Crippen LogP contribution in [-0.4, -0.2) is 25.8 Å². The van der Waals surface area contributed by atoms with E-state index in [0.717, 1.165) is 23.8 Å². The molecule has 140 valence electrons. The molecule has 0 radical (unpaired) electrons. The Labute approximate surface area is 178 Å². The van der Waals surface area contributed by atoms with E-state index in [9.17, 15) is 4.79 Å². The average Bonchev–Trinajstić information content (AvgIpc) is 3.38. The zero-order chi connectivity index (χ0) is 20.0. The van der Waals surface area contributed by atoms with Crippen molar-refractivity contribution in [3.8, 4) is 11.5 Å². The summed E-state index contributed by atoms with van der Waals surface area (Å²) >= 11 is 5.58. The maximum absolute atomic E-state index is 12.2. The molecular weight excluding hydrogens is 436 g/mol. The highest BCUT2D eigenvalue weighted by atomic mass is 32.2. The van der Waals surface area contributed by atoms with Crippen molar-refractivity contribution in [2.45, 2.75) is 26.5 Å². The van der Waals surface area contributed by atoms with Gasteiger partial charge in [-0.1, -0.05) is 47.0 Å². The molecule has 0 aliphatic carbocycles. The summed E-state index contributed by atoms with van der Waals surface area (Å²) < 4.78 is 12.8. The van der Waals surface area contributed by atoms with Crippen LogP contribution in [0.25, 0.3) is 9.69 Å². The van der Waals surface area contributed by atoms with Crippen LogP contribution in [0.3, 0.4) is 0 Å². The first-order valence-electron chi connectivity index (χ1n) is 7.65. The second kappa shape index (κ2) is 7.33. The monoisotopic (exact) mass is 446 g/mol. The van der Waals surface area contributed by atoms with Gasteiger partial charge < -0.3 is 9.47 Å². The minimum absolute atomic E-state index is 0.0352. The number of carbonyl (C=O) groups is 1. The Morgan fingerprint density at radius 1 is 0.964 bits per heavy atom. The first kappa shape index (κ1) is 19.2. The SMILES string of the molecule is [C-]#[N+]C([N+]#[C-])=C1Sc2c(OC)c3c(c(OC)c2S1)SC(=C1C(=O)NN=C1C)S3. The topological polar surface area (TPSA) is 68.6 Å². The smallest absolute Gasteiger partial charge is 0.494 e. The molecule has 0 bridgehead atoms. The lowest BCUT2D eigenvalue weighted by molar-refractivity contribution is -0.116. The average molecular weight is 447 g/mol. The van der Waals surface area contributed by atoms with Crippen LogP contribution in [0.15, 0.2) is 44.6 Å². The van der Waals surface area contributed by atoms with E-state index >= 15 is 0 Å². The van der Waals surface area contributed by atoms with E-state index in [0.29, 0.717) is 27.0 Å². The van der Waals surface area contributed by atoms with Crippen LogP contribution in [0.2, 0.25) is 0 Å². The second-order valence-electron chi connectivity index (χ2n) is 5.43. The van der Waals surface area contributed by atoms with E-state index in [1.807, 2.05) is 0 Å². The normalized spacial score (nSPS) is 16.8. The summed E-state index contributed by atoms with van der Waals surface area (Å²) in [5.74, 6) is 1.13. The molecule has 28 heavy (non-hydrogen) atoms. The molecule has 11 heteroatoms. The van der Waals surface area contributed by atoms with Crippen molar-refractivity contribution in [1.29, 1.82) is 0 Å². The molecule has 3 aliphatic heterocycles. The van der Waals surface area contributed by atoms with Gasteiger partial charge in [-0.15, -0.1) is 0 Å². The summed E-state index contributed by atoms with van der Waals surface area (Å²) in [5.41, 5.74) is 3.69. The third-order valence-corrected chi connectivity index (χ3v) is 9.09. The summed E-state index contributed by atoms with van der Waals surface area (Å²) in [7, 11) is 3.18. The molecule has 4 rings (SSSR count). The predicted molar refractivity (Wildman–Crippen MR) is 111 cm³/mol. The van der Waals surface area contributed by atoms with E-state index in [2.05, 4.69) is 20.2 Å². The number of benzene rings is 1. The largest absolute Gasteiger partial charge is 0.540 e. The molecule has 0 saturated heterocycles. The van der Waals surface area contributed by atoms with Gasteiger partial charge in [0.25, 0.3) is 5.91 Å². The Balaban J connectivity index is 1.89. The number of thioether (sulfide) groups is 4. The molecule has 1 N–H and O–H groups in total. The Bertz CT molecular complexity index is 1060. The highest BCUT2D eigenvalue weighted by Crippen LogP contribution is 2.68.